The number of hydrogen-bond donors (Lipinski definition) is 0. The number of ether oxygens (including phenoxy) is 5. The summed E-state index contributed by atoms with van der Waals surface area (Å²) in [5, 5.41) is 0. The van der Waals surface area contributed by atoms with Crippen LogP contribution in [-0.2, 0) is 30.1 Å². The summed E-state index contributed by atoms with van der Waals surface area (Å²) in [6.45, 7) is 11.1. The summed E-state index contributed by atoms with van der Waals surface area (Å²) in [5.74, 6) is -0.217. The third kappa shape index (κ3) is 10.5. The van der Waals surface area contributed by atoms with Gasteiger partial charge in [0.05, 0.1) is 6.61 Å². The highest BCUT2D eigenvalue weighted by Gasteiger charge is 2.48. The van der Waals surface area contributed by atoms with Gasteiger partial charge in [-0.25, -0.2) is 4.39 Å². The van der Waals surface area contributed by atoms with Gasteiger partial charge in [-0.2, -0.15) is 0 Å². The van der Waals surface area contributed by atoms with E-state index in [1.165, 1.54) is 0 Å². The first-order valence-corrected chi connectivity index (χ1v) is 16.2. The van der Waals surface area contributed by atoms with Gasteiger partial charge >= 0.3 is 0 Å². The third-order valence-corrected chi connectivity index (χ3v) is 7.57. The molecule has 1 aliphatic heterocycles. The molecule has 5 nitrogen and oxygen atoms in total. The molecule has 0 amide bonds. The molecule has 0 bridgehead atoms. The molecule has 1 fully saturated rings. The predicted molar refractivity (Wildman–Crippen MR) is 168 cm³/mol. The normalized spacial score (nSPS) is 21.7. The fourth-order valence-electron chi connectivity index (χ4n) is 5.06. The SMILES string of the molecule is CCCCOC[C@H]1OC(=C(F)c2ccccc2Cc2ccccc2)[C@H](OCCCC)[C@@H](OCCCC)[C@@H]1OCCCC. The topological polar surface area (TPSA) is 46.2 Å². The van der Waals surface area contributed by atoms with Crippen LogP contribution in [0.3, 0.4) is 0 Å². The van der Waals surface area contributed by atoms with E-state index >= 15 is 4.39 Å². The molecule has 42 heavy (non-hydrogen) atoms. The molecule has 4 atom stereocenters. The Kier molecular flexibility index (Phi) is 16.2. The van der Waals surface area contributed by atoms with E-state index in [0.717, 1.165) is 62.5 Å². The molecule has 0 aromatic heterocycles. The summed E-state index contributed by atoms with van der Waals surface area (Å²) in [4.78, 5) is 0. The second-order valence-electron chi connectivity index (χ2n) is 11.1. The Morgan fingerprint density at radius 2 is 1.26 bits per heavy atom. The number of benzene rings is 2. The molecule has 2 aromatic carbocycles. The van der Waals surface area contributed by atoms with Gasteiger partial charge in [0, 0.05) is 32.0 Å². The van der Waals surface area contributed by atoms with Crippen molar-refractivity contribution in [1.29, 1.82) is 0 Å². The largest absolute Gasteiger partial charge is 0.484 e. The average molecular weight is 585 g/mol. The van der Waals surface area contributed by atoms with Crippen LogP contribution in [0, 0.1) is 0 Å². The van der Waals surface area contributed by atoms with Crippen LogP contribution in [0.1, 0.15) is 95.8 Å². The van der Waals surface area contributed by atoms with Crippen LogP contribution in [0.25, 0.3) is 5.83 Å². The second-order valence-corrected chi connectivity index (χ2v) is 11.1. The van der Waals surface area contributed by atoms with Crippen molar-refractivity contribution in [2.24, 2.45) is 0 Å². The van der Waals surface area contributed by atoms with Gasteiger partial charge in [-0.1, -0.05) is 108 Å². The molecule has 0 radical (unpaired) electrons. The number of halogens is 1. The smallest absolute Gasteiger partial charge is 0.171 e. The Hall–Kier alpha value is -2.25. The zero-order chi connectivity index (χ0) is 30.0. The van der Waals surface area contributed by atoms with Crippen molar-refractivity contribution in [2.45, 2.75) is 110 Å². The van der Waals surface area contributed by atoms with Crippen molar-refractivity contribution in [1.82, 2.24) is 0 Å². The standard InChI is InChI=1S/C36H53FO5/c1-5-9-22-38-27-31-33(39-23-10-6-2)35(40-24-11-7-3)36(41-25-12-8-4)34(42-31)32(37)30-21-17-16-20-29(30)26-28-18-14-13-15-19-28/h13-21,31,33,35-36H,5-12,22-27H2,1-4H3/t31-,33-,35+,36+/m1/s1. The van der Waals surface area contributed by atoms with Gasteiger partial charge in [-0.05, 0) is 43.2 Å². The summed E-state index contributed by atoms with van der Waals surface area (Å²) >= 11 is 0. The molecule has 1 aliphatic rings. The first kappa shape index (κ1) is 34.2. The first-order chi connectivity index (χ1) is 20.6. The van der Waals surface area contributed by atoms with Crippen LogP contribution in [0.15, 0.2) is 60.4 Å². The lowest BCUT2D eigenvalue weighted by Gasteiger charge is -2.43. The zero-order valence-electron chi connectivity index (χ0n) is 26.3. The number of rotatable bonds is 20. The van der Waals surface area contributed by atoms with E-state index < -0.39 is 30.2 Å². The van der Waals surface area contributed by atoms with Crippen molar-refractivity contribution in [3.63, 3.8) is 0 Å². The lowest BCUT2D eigenvalue weighted by molar-refractivity contribution is -0.215. The molecule has 0 spiro atoms. The fraction of sp³-hybridized carbons (Fsp3) is 0.611. The highest BCUT2D eigenvalue weighted by molar-refractivity contribution is 5.66. The molecular formula is C36H53FO5. The predicted octanol–water partition coefficient (Wildman–Crippen LogP) is 8.69. The zero-order valence-corrected chi connectivity index (χ0v) is 26.3. The van der Waals surface area contributed by atoms with Crippen LogP contribution >= 0.6 is 0 Å². The van der Waals surface area contributed by atoms with Crippen molar-refractivity contribution < 1.29 is 28.1 Å². The summed E-state index contributed by atoms with van der Waals surface area (Å²) in [7, 11) is 0. The molecule has 0 unspecified atom stereocenters. The van der Waals surface area contributed by atoms with Crippen LogP contribution in [0.4, 0.5) is 4.39 Å². The lowest BCUT2D eigenvalue weighted by Crippen LogP contribution is -2.57. The van der Waals surface area contributed by atoms with Crippen molar-refractivity contribution in [2.75, 3.05) is 33.0 Å². The molecule has 1 heterocycles. The summed E-state index contributed by atoms with van der Waals surface area (Å²) in [6.07, 6.45) is 6.10. The van der Waals surface area contributed by atoms with E-state index in [-0.39, 0.29) is 5.76 Å². The Bertz CT molecular complexity index is 1030. The van der Waals surface area contributed by atoms with Gasteiger partial charge < -0.3 is 23.7 Å². The second kappa shape index (κ2) is 19.8. The van der Waals surface area contributed by atoms with Gasteiger partial charge in [0.1, 0.15) is 18.3 Å². The van der Waals surface area contributed by atoms with E-state index in [2.05, 4.69) is 39.8 Å². The number of unbranched alkanes of at least 4 members (excludes halogenated alkanes) is 4. The highest BCUT2D eigenvalue weighted by Crippen LogP contribution is 2.37. The van der Waals surface area contributed by atoms with E-state index in [1.807, 2.05) is 42.5 Å². The Morgan fingerprint density at radius 3 is 1.93 bits per heavy atom. The van der Waals surface area contributed by atoms with Crippen LogP contribution in [0.5, 0.6) is 0 Å². The maximum absolute atomic E-state index is 16.9. The molecule has 2 aromatic rings. The fourth-order valence-corrected chi connectivity index (χ4v) is 5.06. The average Bonchev–Trinajstić information content (AvgIpc) is 3.01. The molecule has 0 N–H and O–H groups in total. The maximum atomic E-state index is 16.9. The van der Waals surface area contributed by atoms with Crippen molar-refractivity contribution >= 4 is 5.83 Å². The molecule has 0 aliphatic carbocycles. The van der Waals surface area contributed by atoms with Crippen LogP contribution < -0.4 is 0 Å². The quantitative estimate of drug-likeness (QED) is 0.146. The molecular weight excluding hydrogens is 531 g/mol. The minimum absolute atomic E-state index is 0.188. The third-order valence-electron chi connectivity index (χ3n) is 7.57. The van der Waals surface area contributed by atoms with E-state index in [1.54, 1.807) is 0 Å². The van der Waals surface area contributed by atoms with Gasteiger partial charge in [-0.15, -0.1) is 0 Å². The number of hydrogen-bond acceptors (Lipinski definition) is 5. The monoisotopic (exact) mass is 584 g/mol. The highest BCUT2D eigenvalue weighted by atomic mass is 19.1. The molecule has 3 rings (SSSR count). The van der Waals surface area contributed by atoms with Gasteiger partial charge in [-0.3, -0.25) is 0 Å². The minimum Gasteiger partial charge on any atom is -0.484 e. The van der Waals surface area contributed by atoms with Crippen LogP contribution in [-0.4, -0.2) is 57.5 Å². The van der Waals surface area contributed by atoms with E-state index in [0.29, 0.717) is 45.0 Å². The molecule has 1 saturated heterocycles. The van der Waals surface area contributed by atoms with Crippen LogP contribution in [0.2, 0.25) is 0 Å². The van der Waals surface area contributed by atoms with Crippen molar-refractivity contribution in [3.05, 3.63) is 77.0 Å². The summed E-state index contributed by atoms with van der Waals surface area (Å²) in [6, 6.07) is 17.8. The van der Waals surface area contributed by atoms with Crippen molar-refractivity contribution in [3.8, 4) is 0 Å². The summed E-state index contributed by atoms with van der Waals surface area (Å²) < 4.78 is 48.9. The summed E-state index contributed by atoms with van der Waals surface area (Å²) in [5.41, 5.74) is 2.53. The Labute approximate surface area is 253 Å². The van der Waals surface area contributed by atoms with E-state index in [9.17, 15) is 0 Å². The first-order valence-electron chi connectivity index (χ1n) is 16.2. The molecule has 6 heteroatoms. The maximum Gasteiger partial charge on any atom is 0.171 e. The Balaban J connectivity index is 2.05. The van der Waals surface area contributed by atoms with Gasteiger partial charge in [0.25, 0.3) is 0 Å². The van der Waals surface area contributed by atoms with Gasteiger partial charge in [0.2, 0.25) is 0 Å². The van der Waals surface area contributed by atoms with E-state index in [4.69, 9.17) is 23.7 Å². The van der Waals surface area contributed by atoms with Gasteiger partial charge in [0.15, 0.2) is 17.7 Å². The molecule has 0 saturated carbocycles. The lowest BCUT2D eigenvalue weighted by atomic mass is 9.93. The molecule has 234 valence electrons. The minimum atomic E-state index is -0.725. The Morgan fingerprint density at radius 1 is 0.690 bits per heavy atom.